The Labute approximate surface area is 255 Å². The van der Waals surface area contributed by atoms with Gasteiger partial charge in [-0.3, -0.25) is 9.69 Å². The van der Waals surface area contributed by atoms with E-state index in [0.29, 0.717) is 47.5 Å². The minimum atomic E-state index is -4.75. The van der Waals surface area contributed by atoms with Crippen LogP contribution in [0.15, 0.2) is 78.0 Å². The van der Waals surface area contributed by atoms with E-state index < -0.39 is 12.7 Å². The third-order valence-electron chi connectivity index (χ3n) is 6.54. The quantitative estimate of drug-likeness (QED) is 0.218. The number of nitrogens with zero attached hydrogens (tertiary/aromatic N) is 5. The number of alkyl halides is 3. The summed E-state index contributed by atoms with van der Waals surface area (Å²) in [5.41, 5.74) is 4.71. The smallest absolute Gasteiger partial charge is 0.406 e. The Balaban J connectivity index is 1.17. The van der Waals surface area contributed by atoms with Gasteiger partial charge in [0.05, 0.1) is 23.7 Å². The number of amides is 1. The normalized spacial score (nSPS) is 15.2. The van der Waals surface area contributed by atoms with Crippen LogP contribution in [0.4, 0.5) is 24.5 Å². The van der Waals surface area contributed by atoms with Crippen molar-refractivity contribution in [3.63, 3.8) is 0 Å². The van der Waals surface area contributed by atoms with Gasteiger partial charge in [0, 0.05) is 24.8 Å². The minimum Gasteiger partial charge on any atom is -0.406 e. The molecule has 1 aliphatic heterocycles. The molecule has 1 fully saturated rings. The molecule has 1 unspecified atom stereocenters. The average molecular weight is 627 g/mol. The van der Waals surface area contributed by atoms with Crippen LogP contribution in [0.5, 0.6) is 5.75 Å². The molecular weight excluding hydrogens is 597 g/mol. The van der Waals surface area contributed by atoms with Crippen LogP contribution in [0, 0.1) is 6.92 Å². The number of benzene rings is 3. The van der Waals surface area contributed by atoms with E-state index in [0.717, 1.165) is 16.7 Å². The van der Waals surface area contributed by atoms with Gasteiger partial charge < -0.3 is 19.9 Å². The number of aliphatic imine (C=N–C) groups is 1. The molecule has 1 saturated heterocycles. The number of aryl methyl sites for hydroxylation is 3. The largest absolute Gasteiger partial charge is 0.573 e. The van der Waals surface area contributed by atoms with Crippen molar-refractivity contribution >= 4 is 34.2 Å². The van der Waals surface area contributed by atoms with Crippen molar-refractivity contribution in [2.45, 2.75) is 39.1 Å². The number of rotatable bonds is 11. The van der Waals surface area contributed by atoms with Gasteiger partial charge in [0.2, 0.25) is 12.3 Å². The third-order valence-corrected chi connectivity index (χ3v) is 7.48. The Kier molecular flexibility index (Phi) is 9.52. The minimum absolute atomic E-state index is 0.124. The van der Waals surface area contributed by atoms with Gasteiger partial charge in [-0.2, -0.15) is 5.10 Å². The van der Waals surface area contributed by atoms with Crippen LogP contribution in [0.1, 0.15) is 22.5 Å². The maximum atomic E-state index is 12.8. The SMILES string of the molecule is COCc1ccc(C)cc1N1C(=O)CS/C1=N\C(O)Nc1ccc(CCc2ncn(-c3ccc(OC(F)(F)F)cc3)n2)cc1. The molecule has 14 heteroatoms. The zero-order valence-electron chi connectivity index (χ0n) is 23.8. The zero-order valence-corrected chi connectivity index (χ0v) is 24.6. The topological polar surface area (TPSA) is 114 Å². The molecule has 3 aromatic carbocycles. The summed E-state index contributed by atoms with van der Waals surface area (Å²) in [5, 5.41) is 18.4. The molecule has 0 saturated carbocycles. The first kappa shape index (κ1) is 31.0. The van der Waals surface area contributed by atoms with Gasteiger partial charge >= 0.3 is 6.36 Å². The Bertz CT molecular complexity index is 1630. The lowest BCUT2D eigenvalue weighted by atomic mass is 10.1. The number of carbonyl (C=O) groups is 1. The van der Waals surface area contributed by atoms with Crippen LogP contribution in [-0.4, -0.2) is 56.5 Å². The first-order valence-electron chi connectivity index (χ1n) is 13.5. The number of halogens is 3. The van der Waals surface area contributed by atoms with Crippen LogP contribution in [0.25, 0.3) is 5.69 Å². The number of methoxy groups -OCH3 is 1. The first-order chi connectivity index (χ1) is 21.1. The maximum absolute atomic E-state index is 12.8. The van der Waals surface area contributed by atoms with Crippen molar-refractivity contribution in [2.75, 3.05) is 23.1 Å². The van der Waals surface area contributed by atoms with Crippen LogP contribution < -0.4 is 15.0 Å². The summed E-state index contributed by atoms with van der Waals surface area (Å²) in [7, 11) is 1.59. The van der Waals surface area contributed by atoms with Crippen LogP contribution in [0.3, 0.4) is 0 Å². The van der Waals surface area contributed by atoms with E-state index in [4.69, 9.17) is 4.74 Å². The van der Waals surface area contributed by atoms with Gasteiger partial charge in [-0.15, -0.1) is 13.2 Å². The summed E-state index contributed by atoms with van der Waals surface area (Å²) in [5.74, 6) is 0.356. The lowest BCUT2D eigenvalue weighted by molar-refractivity contribution is -0.274. The molecule has 5 rings (SSSR count). The number of aliphatic hydroxyl groups excluding tert-OH is 1. The van der Waals surface area contributed by atoms with Crippen molar-refractivity contribution < 1.29 is 32.5 Å². The van der Waals surface area contributed by atoms with Crippen LogP contribution >= 0.6 is 11.8 Å². The van der Waals surface area contributed by atoms with E-state index in [2.05, 4.69) is 25.1 Å². The summed E-state index contributed by atoms with van der Waals surface area (Å²) in [6.07, 6.45) is -3.36. The lowest BCUT2D eigenvalue weighted by Gasteiger charge is -2.21. The molecule has 0 spiro atoms. The molecule has 2 N–H and O–H groups in total. The fraction of sp³-hybridized carbons (Fsp3) is 0.267. The van der Waals surface area contributed by atoms with E-state index in [9.17, 15) is 23.1 Å². The summed E-state index contributed by atoms with van der Waals surface area (Å²) < 4.78 is 47.8. The van der Waals surface area contributed by atoms with Gasteiger partial charge in [-0.1, -0.05) is 36.0 Å². The van der Waals surface area contributed by atoms with Gasteiger partial charge in [0.1, 0.15) is 12.1 Å². The van der Waals surface area contributed by atoms with E-state index in [-0.39, 0.29) is 17.4 Å². The zero-order chi connectivity index (χ0) is 31.3. The molecular formula is C30H29F3N6O4S. The second-order valence-electron chi connectivity index (χ2n) is 9.86. The molecule has 1 amide bonds. The highest BCUT2D eigenvalue weighted by Gasteiger charge is 2.32. The standard InChI is InChI=1S/C30H29F3N6O4S/c1-19-3-7-21(16-42-2)25(15-19)39-27(40)17-44-29(39)36-28(41)35-22-8-4-20(5-9-22)6-14-26-34-18-38(37-26)23-10-12-24(13-11-23)43-30(31,32)33/h3-5,7-13,15,18,28,35,41H,6,14,16-17H2,1-2H3/b36-29-. The van der Waals surface area contributed by atoms with E-state index in [1.165, 1.54) is 51.9 Å². The van der Waals surface area contributed by atoms with E-state index in [1.807, 2.05) is 49.4 Å². The average Bonchev–Trinajstić information content (AvgIpc) is 3.60. The van der Waals surface area contributed by atoms with E-state index >= 15 is 0 Å². The molecule has 1 aliphatic rings. The second kappa shape index (κ2) is 13.5. The molecule has 0 aliphatic carbocycles. The highest BCUT2D eigenvalue weighted by atomic mass is 32.2. The van der Waals surface area contributed by atoms with Gasteiger partial charge in [0.25, 0.3) is 0 Å². The lowest BCUT2D eigenvalue weighted by Crippen LogP contribution is -2.32. The van der Waals surface area contributed by atoms with Crippen molar-refractivity contribution in [3.8, 4) is 11.4 Å². The van der Waals surface area contributed by atoms with E-state index in [1.54, 1.807) is 7.11 Å². The number of hydrogen-bond donors (Lipinski definition) is 2. The third kappa shape index (κ3) is 7.95. The van der Waals surface area contributed by atoms with Crippen LogP contribution in [0.2, 0.25) is 0 Å². The molecule has 10 nitrogen and oxygen atoms in total. The highest BCUT2D eigenvalue weighted by Crippen LogP contribution is 2.31. The number of aromatic nitrogens is 3. The number of anilines is 2. The summed E-state index contributed by atoms with van der Waals surface area (Å²) in [6, 6.07) is 18.6. The van der Waals surface area contributed by atoms with Crippen molar-refractivity contribution in [1.29, 1.82) is 0 Å². The maximum Gasteiger partial charge on any atom is 0.573 e. The number of hydrogen-bond acceptors (Lipinski definition) is 9. The molecule has 1 atom stereocenters. The Morgan fingerprint density at radius 1 is 1.09 bits per heavy atom. The molecule has 44 heavy (non-hydrogen) atoms. The summed E-state index contributed by atoms with van der Waals surface area (Å²) >= 11 is 1.26. The number of nitrogens with one attached hydrogen (secondary N) is 1. The molecule has 4 aromatic rings. The predicted octanol–water partition coefficient (Wildman–Crippen LogP) is 5.23. The molecule has 1 aromatic heterocycles. The first-order valence-corrected chi connectivity index (χ1v) is 14.5. The summed E-state index contributed by atoms with van der Waals surface area (Å²) in [4.78, 5) is 22.9. The second-order valence-corrected chi connectivity index (χ2v) is 10.8. The molecule has 0 radical (unpaired) electrons. The number of thioether (sulfide) groups is 1. The Morgan fingerprint density at radius 3 is 2.55 bits per heavy atom. The van der Waals surface area contributed by atoms with Crippen molar-refractivity contribution in [2.24, 2.45) is 4.99 Å². The van der Waals surface area contributed by atoms with Gasteiger partial charge in [-0.05, 0) is 66.9 Å². The molecule has 0 bridgehead atoms. The fourth-order valence-electron chi connectivity index (χ4n) is 4.50. The summed E-state index contributed by atoms with van der Waals surface area (Å²) in [6.45, 7) is 2.27. The number of carbonyl (C=O) groups excluding carboxylic acids is 1. The van der Waals surface area contributed by atoms with Crippen molar-refractivity contribution in [3.05, 3.63) is 95.6 Å². The molecule has 2 heterocycles. The Morgan fingerprint density at radius 2 is 1.84 bits per heavy atom. The highest BCUT2D eigenvalue weighted by molar-refractivity contribution is 8.15. The number of ether oxygens (including phenoxy) is 2. The molecule has 230 valence electrons. The monoisotopic (exact) mass is 626 g/mol. The predicted molar refractivity (Wildman–Crippen MR) is 161 cm³/mol. The van der Waals surface area contributed by atoms with Crippen LogP contribution in [-0.2, 0) is 29.0 Å². The van der Waals surface area contributed by atoms with Gasteiger partial charge in [-0.25, -0.2) is 14.7 Å². The Hall–Kier alpha value is -4.40. The van der Waals surface area contributed by atoms with Crippen molar-refractivity contribution in [1.82, 2.24) is 14.8 Å². The number of amidine groups is 1. The number of aliphatic hydroxyl groups is 1. The van der Waals surface area contributed by atoms with Gasteiger partial charge in [0.15, 0.2) is 11.0 Å². The fourth-order valence-corrected chi connectivity index (χ4v) is 5.39.